The number of anilines is 1. The topological polar surface area (TPSA) is 84.2 Å². The molecule has 0 atom stereocenters. The van der Waals surface area contributed by atoms with Crippen LogP contribution >= 0.6 is 0 Å². The molecule has 1 aromatic carbocycles. The van der Waals surface area contributed by atoms with Gasteiger partial charge in [-0.05, 0) is 36.6 Å². The number of hydrogen-bond donors (Lipinski definition) is 3. The third-order valence-corrected chi connectivity index (χ3v) is 3.93. The molecule has 5 nitrogen and oxygen atoms in total. The normalized spacial score (nSPS) is 16.2. The van der Waals surface area contributed by atoms with E-state index in [2.05, 4.69) is 9.44 Å². The van der Waals surface area contributed by atoms with Crippen LogP contribution in [0.25, 0.3) is 0 Å². The van der Waals surface area contributed by atoms with Gasteiger partial charge in [-0.2, -0.15) is 26.3 Å². The van der Waals surface area contributed by atoms with Crippen LogP contribution in [0, 0.1) is 0 Å². The van der Waals surface area contributed by atoms with Crippen molar-refractivity contribution in [3.63, 3.8) is 0 Å². The highest BCUT2D eigenvalue weighted by molar-refractivity contribution is 7.90. The molecule has 0 spiro atoms. The van der Waals surface area contributed by atoms with Crippen LogP contribution in [0.15, 0.2) is 18.2 Å². The van der Waals surface area contributed by atoms with Gasteiger partial charge >= 0.3 is 6.18 Å². The SMILES string of the molecule is NCc1cc(C(F)(F)F)ccc1NS(=O)(=O)NC1CC1. The van der Waals surface area contributed by atoms with Gasteiger partial charge in [-0.3, -0.25) is 4.72 Å². The van der Waals surface area contributed by atoms with Crippen LogP contribution < -0.4 is 15.2 Å². The van der Waals surface area contributed by atoms with Crippen molar-refractivity contribution in [2.75, 3.05) is 4.72 Å². The Morgan fingerprint density at radius 3 is 2.45 bits per heavy atom. The van der Waals surface area contributed by atoms with Crippen molar-refractivity contribution in [1.29, 1.82) is 0 Å². The highest BCUT2D eigenvalue weighted by Crippen LogP contribution is 2.32. The molecule has 1 aromatic rings. The standard InChI is InChI=1S/C11H14F3N3O2S/c12-11(13,14)8-1-4-10(7(5-8)6-15)17-20(18,19)16-9-2-3-9/h1,4-5,9,16-17H,2-3,6,15H2. The van der Waals surface area contributed by atoms with E-state index < -0.39 is 21.9 Å². The highest BCUT2D eigenvalue weighted by Gasteiger charge is 2.31. The average molecular weight is 309 g/mol. The first-order valence-electron chi connectivity index (χ1n) is 5.91. The van der Waals surface area contributed by atoms with Crippen molar-refractivity contribution in [2.24, 2.45) is 5.73 Å². The van der Waals surface area contributed by atoms with Crippen molar-refractivity contribution in [3.8, 4) is 0 Å². The second-order valence-corrected chi connectivity index (χ2v) is 6.02. The summed E-state index contributed by atoms with van der Waals surface area (Å²) in [5.41, 5.74) is 4.64. The van der Waals surface area contributed by atoms with E-state index in [4.69, 9.17) is 5.73 Å². The van der Waals surface area contributed by atoms with Crippen molar-refractivity contribution in [3.05, 3.63) is 29.3 Å². The fraction of sp³-hybridized carbons (Fsp3) is 0.455. The zero-order valence-corrected chi connectivity index (χ0v) is 11.2. The maximum absolute atomic E-state index is 12.6. The average Bonchev–Trinajstić information content (AvgIpc) is 3.10. The van der Waals surface area contributed by atoms with E-state index in [1.54, 1.807) is 0 Å². The summed E-state index contributed by atoms with van der Waals surface area (Å²) in [4.78, 5) is 0. The summed E-state index contributed by atoms with van der Waals surface area (Å²) in [6, 6.07) is 2.63. The number of nitrogens with one attached hydrogen (secondary N) is 2. The van der Waals surface area contributed by atoms with Gasteiger partial charge in [0.05, 0.1) is 11.3 Å². The predicted molar refractivity (Wildman–Crippen MR) is 68.0 cm³/mol. The minimum absolute atomic E-state index is 0.0497. The van der Waals surface area contributed by atoms with Crippen LogP contribution in [-0.2, 0) is 22.9 Å². The van der Waals surface area contributed by atoms with E-state index in [1.165, 1.54) is 0 Å². The second-order valence-electron chi connectivity index (χ2n) is 4.57. The van der Waals surface area contributed by atoms with Gasteiger partial charge in [0.25, 0.3) is 10.2 Å². The van der Waals surface area contributed by atoms with Gasteiger partial charge in [-0.15, -0.1) is 0 Å². The third-order valence-electron chi connectivity index (χ3n) is 2.80. The number of nitrogens with two attached hydrogens (primary N) is 1. The van der Waals surface area contributed by atoms with Gasteiger partial charge in [0.15, 0.2) is 0 Å². The monoisotopic (exact) mass is 309 g/mol. The Hall–Kier alpha value is -1.32. The molecule has 1 saturated carbocycles. The van der Waals surface area contributed by atoms with Crippen LogP contribution in [0.4, 0.5) is 18.9 Å². The smallest absolute Gasteiger partial charge is 0.326 e. The maximum atomic E-state index is 12.6. The Morgan fingerprint density at radius 1 is 1.30 bits per heavy atom. The largest absolute Gasteiger partial charge is 0.416 e. The van der Waals surface area contributed by atoms with Gasteiger partial charge in [-0.25, -0.2) is 0 Å². The zero-order valence-electron chi connectivity index (χ0n) is 10.4. The molecule has 0 saturated heterocycles. The van der Waals surface area contributed by atoms with Gasteiger partial charge in [0.2, 0.25) is 0 Å². The Kier molecular flexibility index (Phi) is 3.94. The first kappa shape index (κ1) is 15.1. The number of hydrogen-bond acceptors (Lipinski definition) is 3. The summed E-state index contributed by atoms with van der Waals surface area (Å²) < 4.78 is 65.7. The predicted octanol–water partition coefficient (Wildman–Crippen LogP) is 1.57. The Labute approximate surface area is 114 Å². The molecule has 0 amide bonds. The van der Waals surface area contributed by atoms with Crippen LogP contribution in [0.3, 0.4) is 0 Å². The maximum Gasteiger partial charge on any atom is 0.416 e. The lowest BCUT2D eigenvalue weighted by Gasteiger charge is -2.14. The van der Waals surface area contributed by atoms with Crippen molar-refractivity contribution in [1.82, 2.24) is 4.72 Å². The molecule has 0 aromatic heterocycles. The highest BCUT2D eigenvalue weighted by atomic mass is 32.2. The fourth-order valence-corrected chi connectivity index (χ4v) is 2.86. The molecule has 1 aliphatic carbocycles. The molecule has 4 N–H and O–H groups in total. The molecule has 0 unspecified atom stereocenters. The lowest BCUT2D eigenvalue weighted by Crippen LogP contribution is -2.32. The van der Waals surface area contributed by atoms with Gasteiger partial charge in [-0.1, -0.05) is 0 Å². The van der Waals surface area contributed by atoms with Crippen LogP contribution in [0.5, 0.6) is 0 Å². The lowest BCUT2D eigenvalue weighted by molar-refractivity contribution is -0.137. The second kappa shape index (κ2) is 5.23. The number of benzene rings is 1. The molecule has 1 fully saturated rings. The molecule has 1 aliphatic rings. The van der Waals surface area contributed by atoms with Crippen molar-refractivity contribution < 1.29 is 21.6 Å². The number of rotatable bonds is 5. The molecule has 0 aliphatic heterocycles. The summed E-state index contributed by atoms with van der Waals surface area (Å²) in [6.45, 7) is -0.203. The summed E-state index contributed by atoms with van der Waals surface area (Å²) in [5.74, 6) is 0. The lowest BCUT2D eigenvalue weighted by atomic mass is 10.1. The minimum Gasteiger partial charge on any atom is -0.326 e. The van der Waals surface area contributed by atoms with Crippen LogP contribution in [0.1, 0.15) is 24.0 Å². The Balaban J connectivity index is 2.23. The van der Waals surface area contributed by atoms with Crippen LogP contribution in [0.2, 0.25) is 0 Å². The molecular formula is C11H14F3N3O2S. The first-order chi connectivity index (χ1) is 9.21. The van der Waals surface area contributed by atoms with Gasteiger partial charge in [0, 0.05) is 12.6 Å². The summed E-state index contributed by atoms with van der Waals surface area (Å²) in [7, 11) is -3.79. The van der Waals surface area contributed by atoms with Crippen molar-refractivity contribution >= 4 is 15.9 Å². The van der Waals surface area contributed by atoms with E-state index in [1.807, 2.05) is 0 Å². The summed E-state index contributed by atoms with van der Waals surface area (Å²) in [6.07, 6.45) is -2.97. The molecule has 2 rings (SSSR count). The zero-order chi connectivity index (χ0) is 15.0. The van der Waals surface area contributed by atoms with Crippen molar-refractivity contribution in [2.45, 2.75) is 31.6 Å². The quantitative estimate of drug-likeness (QED) is 0.772. The molecule has 9 heteroatoms. The summed E-state index contributed by atoms with van der Waals surface area (Å²) >= 11 is 0. The summed E-state index contributed by atoms with van der Waals surface area (Å²) in [5, 5.41) is 0. The molecule has 0 bridgehead atoms. The van der Waals surface area contributed by atoms with Gasteiger partial charge < -0.3 is 5.73 Å². The van der Waals surface area contributed by atoms with E-state index in [0.717, 1.165) is 31.0 Å². The van der Waals surface area contributed by atoms with Gasteiger partial charge in [0.1, 0.15) is 0 Å². The molecule has 20 heavy (non-hydrogen) atoms. The van der Waals surface area contributed by atoms with E-state index in [-0.39, 0.29) is 23.8 Å². The number of halogens is 3. The molecular weight excluding hydrogens is 295 g/mol. The third kappa shape index (κ3) is 3.84. The first-order valence-corrected chi connectivity index (χ1v) is 7.40. The van der Waals surface area contributed by atoms with E-state index in [9.17, 15) is 21.6 Å². The fourth-order valence-electron chi connectivity index (χ4n) is 1.63. The molecule has 112 valence electrons. The van der Waals surface area contributed by atoms with Crippen LogP contribution in [-0.4, -0.2) is 14.5 Å². The minimum atomic E-state index is -4.49. The molecule has 0 heterocycles. The van der Waals surface area contributed by atoms with E-state index >= 15 is 0 Å². The Bertz CT molecular complexity index is 597. The number of alkyl halides is 3. The molecule has 0 radical (unpaired) electrons. The van der Waals surface area contributed by atoms with E-state index in [0.29, 0.717) is 0 Å². The Morgan fingerprint density at radius 2 is 1.95 bits per heavy atom.